The first-order valence-corrected chi connectivity index (χ1v) is 7.41. The summed E-state index contributed by atoms with van der Waals surface area (Å²) in [4.78, 5) is 22.5. The van der Waals surface area contributed by atoms with Gasteiger partial charge in [-0.05, 0) is 49.3 Å². The lowest BCUT2D eigenvalue weighted by Gasteiger charge is -2.13. The van der Waals surface area contributed by atoms with Crippen LogP contribution < -0.4 is 10.6 Å². The lowest BCUT2D eigenvalue weighted by Crippen LogP contribution is -2.41. The predicted octanol–water partition coefficient (Wildman–Crippen LogP) is 2.42. The molecule has 1 fully saturated rings. The molecule has 1 aliphatic carbocycles. The van der Waals surface area contributed by atoms with E-state index in [1.165, 1.54) is 6.42 Å². The average molecular weight is 290 g/mol. The number of rotatable bonds is 5. The number of benzene rings is 1. The molecule has 21 heavy (non-hydrogen) atoms. The highest BCUT2D eigenvalue weighted by molar-refractivity contribution is 5.87. The molecule has 2 unspecified atom stereocenters. The normalized spacial score (nSPS) is 21.0. The van der Waals surface area contributed by atoms with Crippen LogP contribution >= 0.6 is 0 Å². The Kier molecular flexibility index (Phi) is 5.20. The molecule has 0 spiro atoms. The van der Waals surface area contributed by atoms with Crippen molar-refractivity contribution in [1.29, 1.82) is 0 Å². The Morgan fingerprint density at radius 3 is 2.52 bits per heavy atom. The topological polar surface area (TPSA) is 78.4 Å². The fraction of sp³-hybridized carbons (Fsp3) is 0.500. The van der Waals surface area contributed by atoms with E-state index >= 15 is 0 Å². The molecule has 2 rings (SSSR count). The molecule has 3 N–H and O–H groups in total. The van der Waals surface area contributed by atoms with Crippen molar-refractivity contribution in [1.82, 2.24) is 10.6 Å². The summed E-state index contributed by atoms with van der Waals surface area (Å²) >= 11 is 0. The van der Waals surface area contributed by atoms with E-state index in [1.807, 2.05) is 0 Å². The second-order valence-corrected chi connectivity index (χ2v) is 5.77. The Morgan fingerprint density at radius 2 is 1.95 bits per heavy atom. The number of amides is 2. The summed E-state index contributed by atoms with van der Waals surface area (Å²) in [5.41, 5.74) is 1.29. The van der Waals surface area contributed by atoms with Crippen LogP contribution in [0.15, 0.2) is 24.3 Å². The summed E-state index contributed by atoms with van der Waals surface area (Å²) in [6, 6.07) is 6.91. The number of carboxylic acids is 1. The van der Waals surface area contributed by atoms with Gasteiger partial charge < -0.3 is 15.7 Å². The van der Waals surface area contributed by atoms with E-state index in [0.29, 0.717) is 24.9 Å². The van der Waals surface area contributed by atoms with Crippen LogP contribution in [0.3, 0.4) is 0 Å². The summed E-state index contributed by atoms with van der Waals surface area (Å²) < 4.78 is 0. The van der Waals surface area contributed by atoms with Crippen LogP contribution in [0.5, 0.6) is 0 Å². The van der Waals surface area contributed by atoms with Crippen LogP contribution in [0.1, 0.15) is 42.1 Å². The molecule has 0 radical (unpaired) electrons. The van der Waals surface area contributed by atoms with Gasteiger partial charge in [-0.3, -0.25) is 0 Å². The number of aromatic carboxylic acids is 1. The zero-order chi connectivity index (χ0) is 15.2. The Hall–Kier alpha value is -2.04. The maximum atomic E-state index is 11.7. The number of nitrogens with one attached hydrogen (secondary N) is 2. The zero-order valence-corrected chi connectivity index (χ0v) is 12.3. The molecule has 2 atom stereocenters. The Bertz CT molecular complexity index is 499. The largest absolute Gasteiger partial charge is 0.478 e. The molecule has 1 aromatic carbocycles. The van der Waals surface area contributed by atoms with Crippen molar-refractivity contribution in [2.24, 2.45) is 5.92 Å². The van der Waals surface area contributed by atoms with Gasteiger partial charge in [-0.1, -0.05) is 19.1 Å². The van der Waals surface area contributed by atoms with Crippen molar-refractivity contribution >= 4 is 12.0 Å². The van der Waals surface area contributed by atoms with Gasteiger partial charge in [0.25, 0.3) is 0 Å². The van der Waals surface area contributed by atoms with Crippen LogP contribution in [0.4, 0.5) is 4.79 Å². The van der Waals surface area contributed by atoms with E-state index in [-0.39, 0.29) is 11.6 Å². The van der Waals surface area contributed by atoms with E-state index in [4.69, 9.17) is 5.11 Å². The van der Waals surface area contributed by atoms with Gasteiger partial charge in [0.2, 0.25) is 0 Å². The molecule has 0 aliphatic heterocycles. The van der Waals surface area contributed by atoms with Crippen molar-refractivity contribution in [2.75, 3.05) is 6.54 Å². The minimum atomic E-state index is -0.926. The van der Waals surface area contributed by atoms with Gasteiger partial charge in [-0.15, -0.1) is 0 Å². The first-order chi connectivity index (χ1) is 10.0. The molecule has 1 aliphatic rings. The maximum Gasteiger partial charge on any atom is 0.335 e. The number of carboxylic acid groups (broad SMARTS) is 1. The second-order valence-electron chi connectivity index (χ2n) is 5.77. The number of hydrogen-bond acceptors (Lipinski definition) is 2. The van der Waals surface area contributed by atoms with E-state index in [1.54, 1.807) is 24.3 Å². The molecular formula is C16H22N2O3. The number of urea groups is 1. The van der Waals surface area contributed by atoms with Gasteiger partial charge in [0, 0.05) is 12.6 Å². The Morgan fingerprint density at radius 1 is 1.24 bits per heavy atom. The highest BCUT2D eigenvalue weighted by Gasteiger charge is 2.22. The molecule has 0 aromatic heterocycles. The standard InChI is InChI=1S/C16H22N2O3/c1-11-2-7-14(10-11)18-16(21)17-9-8-12-3-5-13(6-4-12)15(19)20/h3-6,11,14H,2,7-10H2,1H3,(H,19,20)(H2,17,18,21). The summed E-state index contributed by atoms with van der Waals surface area (Å²) in [5, 5.41) is 14.6. The van der Waals surface area contributed by atoms with E-state index in [0.717, 1.165) is 18.4 Å². The quantitative estimate of drug-likeness (QED) is 0.779. The molecular weight excluding hydrogens is 268 g/mol. The predicted molar refractivity (Wildman–Crippen MR) is 80.4 cm³/mol. The van der Waals surface area contributed by atoms with Gasteiger partial charge in [-0.25, -0.2) is 9.59 Å². The third-order valence-electron chi connectivity index (χ3n) is 3.93. The van der Waals surface area contributed by atoms with E-state index in [2.05, 4.69) is 17.6 Å². The SMILES string of the molecule is CC1CCC(NC(=O)NCCc2ccc(C(=O)O)cc2)C1. The van der Waals surface area contributed by atoms with Crippen molar-refractivity contribution in [3.8, 4) is 0 Å². The highest BCUT2D eigenvalue weighted by atomic mass is 16.4. The van der Waals surface area contributed by atoms with Crippen molar-refractivity contribution in [3.05, 3.63) is 35.4 Å². The fourth-order valence-electron chi connectivity index (χ4n) is 2.71. The molecule has 2 amide bonds. The van der Waals surface area contributed by atoms with Gasteiger partial charge >= 0.3 is 12.0 Å². The average Bonchev–Trinajstić information content (AvgIpc) is 2.84. The maximum absolute atomic E-state index is 11.7. The monoisotopic (exact) mass is 290 g/mol. The molecule has 0 saturated heterocycles. The summed E-state index contributed by atoms with van der Waals surface area (Å²) in [7, 11) is 0. The van der Waals surface area contributed by atoms with E-state index < -0.39 is 5.97 Å². The van der Waals surface area contributed by atoms with Crippen LogP contribution in [-0.4, -0.2) is 29.7 Å². The third kappa shape index (κ3) is 4.77. The lowest BCUT2D eigenvalue weighted by molar-refractivity contribution is 0.0697. The first kappa shape index (κ1) is 15.4. The van der Waals surface area contributed by atoms with Gasteiger partial charge in [0.15, 0.2) is 0 Å². The molecule has 5 nitrogen and oxygen atoms in total. The molecule has 0 heterocycles. The molecule has 5 heteroatoms. The summed E-state index contributed by atoms with van der Waals surface area (Å²) in [6.45, 7) is 2.75. The minimum absolute atomic E-state index is 0.115. The third-order valence-corrected chi connectivity index (χ3v) is 3.93. The minimum Gasteiger partial charge on any atom is -0.478 e. The summed E-state index contributed by atoms with van der Waals surface area (Å²) in [5.74, 6) is -0.229. The van der Waals surface area contributed by atoms with Crippen molar-refractivity contribution in [3.63, 3.8) is 0 Å². The second kappa shape index (κ2) is 7.11. The number of hydrogen-bond donors (Lipinski definition) is 3. The van der Waals surface area contributed by atoms with Gasteiger partial charge in [0.05, 0.1) is 5.56 Å². The molecule has 114 valence electrons. The van der Waals surface area contributed by atoms with E-state index in [9.17, 15) is 9.59 Å². The van der Waals surface area contributed by atoms with Gasteiger partial charge in [-0.2, -0.15) is 0 Å². The molecule has 0 bridgehead atoms. The zero-order valence-electron chi connectivity index (χ0n) is 12.3. The lowest BCUT2D eigenvalue weighted by atomic mass is 10.1. The Labute approximate surface area is 124 Å². The first-order valence-electron chi connectivity index (χ1n) is 7.41. The smallest absolute Gasteiger partial charge is 0.335 e. The summed E-state index contributed by atoms with van der Waals surface area (Å²) in [6.07, 6.45) is 3.99. The van der Waals surface area contributed by atoms with Crippen LogP contribution in [0, 0.1) is 5.92 Å². The highest BCUT2D eigenvalue weighted by Crippen LogP contribution is 2.24. The number of carbonyl (C=O) groups is 2. The number of carbonyl (C=O) groups excluding carboxylic acids is 1. The van der Waals surface area contributed by atoms with Crippen molar-refractivity contribution in [2.45, 2.75) is 38.6 Å². The van der Waals surface area contributed by atoms with Crippen LogP contribution in [0.2, 0.25) is 0 Å². The fourth-order valence-corrected chi connectivity index (χ4v) is 2.71. The van der Waals surface area contributed by atoms with Gasteiger partial charge in [0.1, 0.15) is 0 Å². The Balaban J connectivity index is 1.68. The van der Waals surface area contributed by atoms with Crippen LogP contribution in [-0.2, 0) is 6.42 Å². The van der Waals surface area contributed by atoms with Crippen molar-refractivity contribution < 1.29 is 14.7 Å². The molecule has 1 saturated carbocycles. The molecule has 1 aromatic rings. The van der Waals surface area contributed by atoms with Crippen LogP contribution in [0.25, 0.3) is 0 Å².